The third kappa shape index (κ3) is 4.54. The second-order valence-corrected chi connectivity index (χ2v) is 10.1. The summed E-state index contributed by atoms with van der Waals surface area (Å²) in [5.41, 5.74) is 7.45. The lowest BCUT2D eigenvalue weighted by Gasteiger charge is -2.34. The largest absolute Gasteiger partial charge is 0.322 e. The van der Waals surface area contributed by atoms with Crippen LogP contribution >= 0.6 is 0 Å². The zero-order valence-electron chi connectivity index (χ0n) is 19.0. The summed E-state index contributed by atoms with van der Waals surface area (Å²) in [5, 5.41) is 7.08. The zero-order chi connectivity index (χ0) is 24.3. The van der Waals surface area contributed by atoms with Gasteiger partial charge in [0.25, 0.3) is 15.9 Å². The number of hydrogen-bond acceptors (Lipinski definition) is 6. The summed E-state index contributed by atoms with van der Waals surface area (Å²) in [6.07, 6.45) is 1.04. The summed E-state index contributed by atoms with van der Waals surface area (Å²) < 4.78 is 28.5. The molecule has 0 spiro atoms. The molecule has 0 bridgehead atoms. The molecule has 1 saturated heterocycles. The van der Waals surface area contributed by atoms with Crippen molar-refractivity contribution in [1.82, 2.24) is 9.62 Å². The first-order valence-corrected chi connectivity index (χ1v) is 12.7. The van der Waals surface area contributed by atoms with Crippen molar-refractivity contribution in [3.63, 3.8) is 0 Å². The molecule has 34 heavy (non-hydrogen) atoms. The number of amides is 2. The number of nitrogens with one attached hydrogen (secondary N) is 2. The summed E-state index contributed by atoms with van der Waals surface area (Å²) in [4.78, 5) is 25.6. The van der Waals surface area contributed by atoms with Gasteiger partial charge in [0.1, 0.15) is 0 Å². The van der Waals surface area contributed by atoms with Crippen LogP contribution in [-0.4, -0.2) is 50.2 Å². The molecular formula is C25H28N4O4S. The van der Waals surface area contributed by atoms with Gasteiger partial charge in [-0.3, -0.25) is 9.59 Å². The van der Waals surface area contributed by atoms with E-state index in [0.29, 0.717) is 48.0 Å². The molecule has 0 aromatic heterocycles. The van der Waals surface area contributed by atoms with Crippen LogP contribution < -0.4 is 16.4 Å². The zero-order valence-corrected chi connectivity index (χ0v) is 19.8. The Labute approximate surface area is 199 Å². The quantitative estimate of drug-likeness (QED) is 0.499. The van der Waals surface area contributed by atoms with Crippen molar-refractivity contribution < 1.29 is 18.0 Å². The molecule has 0 radical (unpaired) electrons. The van der Waals surface area contributed by atoms with E-state index in [4.69, 9.17) is 5.73 Å². The minimum Gasteiger partial charge on any atom is -0.322 e. The van der Waals surface area contributed by atoms with Gasteiger partial charge in [-0.1, -0.05) is 42.5 Å². The highest BCUT2D eigenvalue weighted by atomic mass is 32.2. The van der Waals surface area contributed by atoms with E-state index in [0.717, 1.165) is 9.87 Å². The van der Waals surface area contributed by atoms with Crippen LogP contribution in [0.5, 0.6) is 0 Å². The molecule has 0 atom stereocenters. The molecule has 4 N–H and O–H groups in total. The average Bonchev–Trinajstić information content (AvgIpc) is 2.84. The lowest BCUT2D eigenvalue weighted by Crippen LogP contribution is -2.50. The van der Waals surface area contributed by atoms with Crippen LogP contribution in [0.1, 0.15) is 28.8 Å². The molecule has 1 aliphatic heterocycles. The van der Waals surface area contributed by atoms with Gasteiger partial charge in [-0.15, -0.1) is 0 Å². The Bertz CT molecular complexity index is 1330. The third-order valence-electron chi connectivity index (χ3n) is 6.12. The molecule has 2 amide bonds. The van der Waals surface area contributed by atoms with Crippen LogP contribution in [0.2, 0.25) is 0 Å². The van der Waals surface area contributed by atoms with E-state index in [1.165, 1.54) is 6.07 Å². The Hall–Kier alpha value is -3.27. The fourth-order valence-electron chi connectivity index (χ4n) is 4.39. The Morgan fingerprint density at radius 2 is 1.65 bits per heavy atom. The van der Waals surface area contributed by atoms with Crippen molar-refractivity contribution >= 4 is 38.3 Å². The molecular weight excluding hydrogens is 452 g/mol. The average molecular weight is 481 g/mol. The van der Waals surface area contributed by atoms with Gasteiger partial charge in [-0.25, -0.2) is 12.7 Å². The molecule has 0 saturated carbocycles. The Balaban J connectivity index is 1.77. The maximum absolute atomic E-state index is 13.8. The molecule has 3 aromatic carbocycles. The molecule has 8 nitrogen and oxygen atoms in total. The number of piperidine rings is 1. The monoisotopic (exact) mass is 480 g/mol. The normalized spacial score (nSPS) is 14.6. The van der Waals surface area contributed by atoms with E-state index in [-0.39, 0.29) is 10.8 Å². The summed E-state index contributed by atoms with van der Waals surface area (Å²) in [6.45, 7) is 2.70. The van der Waals surface area contributed by atoms with Crippen LogP contribution in [0.4, 0.5) is 5.69 Å². The highest BCUT2D eigenvalue weighted by Gasteiger charge is 2.36. The Morgan fingerprint density at radius 3 is 2.32 bits per heavy atom. The number of anilines is 1. The number of hydrogen-bond donors (Lipinski definition) is 3. The maximum atomic E-state index is 13.8. The fraction of sp³-hybridized carbons (Fsp3) is 0.280. The molecule has 9 heteroatoms. The molecule has 4 rings (SSSR count). The predicted molar refractivity (Wildman–Crippen MR) is 132 cm³/mol. The van der Waals surface area contributed by atoms with Crippen LogP contribution in [0.3, 0.4) is 0 Å². The van der Waals surface area contributed by atoms with Gasteiger partial charge < -0.3 is 16.4 Å². The minimum absolute atomic E-state index is 0.0114. The van der Waals surface area contributed by atoms with E-state index in [1.807, 2.05) is 19.1 Å². The second-order valence-electron chi connectivity index (χ2n) is 8.31. The van der Waals surface area contributed by atoms with Crippen molar-refractivity contribution in [2.24, 2.45) is 5.73 Å². The first kappa shape index (κ1) is 23.9. The van der Waals surface area contributed by atoms with Gasteiger partial charge in [0.2, 0.25) is 5.91 Å². The lowest BCUT2D eigenvalue weighted by atomic mass is 10.1. The first-order valence-electron chi connectivity index (χ1n) is 11.2. The minimum atomic E-state index is -4.18. The van der Waals surface area contributed by atoms with Crippen molar-refractivity contribution in [2.75, 3.05) is 25.0 Å². The summed E-state index contributed by atoms with van der Waals surface area (Å²) in [7, 11) is -4.18. The topological polar surface area (TPSA) is 122 Å². The van der Waals surface area contributed by atoms with Gasteiger partial charge in [0.15, 0.2) is 0 Å². The molecule has 1 heterocycles. The van der Waals surface area contributed by atoms with Crippen LogP contribution in [-0.2, 0) is 14.8 Å². The third-order valence-corrected chi connectivity index (χ3v) is 8.05. The van der Waals surface area contributed by atoms with Gasteiger partial charge in [0.05, 0.1) is 17.5 Å². The SMILES string of the molecule is Cc1ccccc1C(=O)Nc1ccc(S(=O)(=O)N(C(=O)CN)C2CCNCC2)c2ccccc12. The Morgan fingerprint density at radius 1 is 1.00 bits per heavy atom. The number of nitrogens with zero attached hydrogens (tertiary/aromatic N) is 1. The smallest absolute Gasteiger partial charge is 0.267 e. The summed E-state index contributed by atoms with van der Waals surface area (Å²) in [6, 6.07) is 16.7. The molecule has 3 aromatic rings. The molecule has 1 fully saturated rings. The van der Waals surface area contributed by atoms with Gasteiger partial charge in [-0.2, -0.15) is 0 Å². The fourth-order valence-corrected chi connectivity index (χ4v) is 6.25. The van der Waals surface area contributed by atoms with E-state index in [9.17, 15) is 18.0 Å². The van der Waals surface area contributed by atoms with Crippen LogP contribution in [0.25, 0.3) is 10.8 Å². The highest BCUT2D eigenvalue weighted by Crippen LogP contribution is 2.33. The number of aryl methyl sites for hydroxylation is 1. The number of rotatable bonds is 6. The number of nitrogens with two attached hydrogens (primary N) is 1. The maximum Gasteiger partial charge on any atom is 0.267 e. The van der Waals surface area contributed by atoms with Gasteiger partial charge >= 0.3 is 0 Å². The molecule has 178 valence electrons. The van der Waals surface area contributed by atoms with Crippen molar-refractivity contribution in [2.45, 2.75) is 30.7 Å². The van der Waals surface area contributed by atoms with Crippen molar-refractivity contribution in [1.29, 1.82) is 0 Å². The van der Waals surface area contributed by atoms with Gasteiger partial charge in [0, 0.05) is 22.0 Å². The van der Waals surface area contributed by atoms with E-state index < -0.39 is 28.5 Å². The van der Waals surface area contributed by atoms with E-state index in [1.54, 1.807) is 42.5 Å². The Kier molecular flexibility index (Phi) is 6.97. The molecule has 0 unspecified atom stereocenters. The molecule has 1 aliphatic rings. The summed E-state index contributed by atoms with van der Waals surface area (Å²) in [5.74, 6) is -0.915. The van der Waals surface area contributed by atoms with E-state index >= 15 is 0 Å². The number of fused-ring (bicyclic) bond motifs is 1. The standard InChI is InChI=1S/C25H28N4O4S/c1-17-6-2-3-7-19(17)25(31)28-22-10-11-23(21-9-5-4-8-20(21)22)34(32,33)29(24(30)16-26)18-12-14-27-15-13-18/h2-11,18,27H,12-16,26H2,1H3,(H,28,31). The van der Waals surface area contributed by atoms with Crippen LogP contribution in [0.15, 0.2) is 65.6 Å². The van der Waals surface area contributed by atoms with Crippen molar-refractivity contribution in [3.05, 3.63) is 71.8 Å². The number of benzene rings is 3. The lowest BCUT2D eigenvalue weighted by molar-refractivity contribution is -0.126. The predicted octanol–water partition coefficient (Wildman–Crippen LogP) is 2.63. The summed E-state index contributed by atoms with van der Waals surface area (Å²) >= 11 is 0. The second kappa shape index (κ2) is 9.92. The number of carbonyl (C=O) groups is 2. The van der Waals surface area contributed by atoms with Gasteiger partial charge in [-0.05, 0) is 56.6 Å². The first-order chi connectivity index (χ1) is 16.3. The highest BCUT2D eigenvalue weighted by molar-refractivity contribution is 7.90. The number of carbonyl (C=O) groups excluding carboxylic acids is 2. The van der Waals surface area contributed by atoms with Crippen LogP contribution in [0, 0.1) is 6.92 Å². The number of sulfonamides is 1. The van der Waals surface area contributed by atoms with Crippen molar-refractivity contribution in [3.8, 4) is 0 Å². The van der Waals surface area contributed by atoms with E-state index in [2.05, 4.69) is 10.6 Å². The molecule has 0 aliphatic carbocycles.